The maximum atomic E-state index is 10.0. The highest BCUT2D eigenvalue weighted by Crippen LogP contribution is 2.36. The van der Waals surface area contributed by atoms with Gasteiger partial charge in [-0.1, -0.05) is 0 Å². The zero-order valence-corrected chi connectivity index (χ0v) is 10.8. The van der Waals surface area contributed by atoms with Gasteiger partial charge in [-0.3, -0.25) is 0 Å². The zero-order valence-electron chi connectivity index (χ0n) is 9.89. The van der Waals surface area contributed by atoms with Gasteiger partial charge in [0.25, 0.3) is 0 Å². The van der Waals surface area contributed by atoms with Crippen LogP contribution in [0.2, 0.25) is 0 Å². The molecule has 3 unspecified atom stereocenters. The fourth-order valence-electron chi connectivity index (χ4n) is 3.27. The molecule has 0 aromatic heterocycles. The van der Waals surface area contributed by atoms with E-state index in [1.807, 2.05) is 0 Å². The van der Waals surface area contributed by atoms with Gasteiger partial charge in [0.1, 0.15) is 0 Å². The molecule has 0 amide bonds. The highest BCUT2D eigenvalue weighted by atomic mass is 32.1. The Kier molecular flexibility index (Phi) is 4.57. The van der Waals surface area contributed by atoms with Crippen LogP contribution in [0.1, 0.15) is 51.4 Å². The average molecular weight is 244 g/mol. The first-order valence-electron chi connectivity index (χ1n) is 6.69. The molecule has 0 saturated heterocycles. The van der Waals surface area contributed by atoms with Crippen molar-refractivity contribution in [1.29, 1.82) is 0 Å². The summed E-state index contributed by atoms with van der Waals surface area (Å²) < 4.78 is 0. The van der Waals surface area contributed by atoms with Crippen LogP contribution < -0.4 is 0 Å². The normalized spacial score (nSPS) is 45.6. The van der Waals surface area contributed by atoms with Crippen molar-refractivity contribution in [1.82, 2.24) is 0 Å². The van der Waals surface area contributed by atoms with Crippen LogP contribution in [-0.2, 0) is 0 Å². The molecule has 0 bridgehead atoms. The fourth-order valence-corrected chi connectivity index (χ4v) is 3.64. The minimum absolute atomic E-state index is 0.0608. The van der Waals surface area contributed by atoms with Crippen LogP contribution in [0.4, 0.5) is 0 Å². The van der Waals surface area contributed by atoms with Gasteiger partial charge in [-0.25, -0.2) is 0 Å². The second kappa shape index (κ2) is 5.74. The van der Waals surface area contributed by atoms with Crippen molar-refractivity contribution in [2.24, 2.45) is 11.8 Å². The number of hydrogen-bond acceptors (Lipinski definition) is 3. The molecule has 3 atom stereocenters. The van der Waals surface area contributed by atoms with E-state index in [9.17, 15) is 10.2 Å². The van der Waals surface area contributed by atoms with E-state index in [1.54, 1.807) is 0 Å². The van der Waals surface area contributed by atoms with Crippen LogP contribution in [0.5, 0.6) is 0 Å². The van der Waals surface area contributed by atoms with Crippen molar-refractivity contribution in [3.05, 3.63) is 0 Å². The van der Waals surface area contributed by atoms with Crippen molar-refractivity contribution in [3.8, 4) is 0 Å². The molecule has 0 radical (unpaired) electrons. The predicted molar refractivity (Wildman–Crippen MR) is 68.7 cm³/mol. The van der Waals surface area contributed by atoms with Crippen LogP contribution >= 0.6 is 12.6 Å². The average Bonchev–Trinajstić information content (AvgIpc) is 2.25. The molecule has 3 heteroatoms. The van der Waals surface area contributed by atoms with Gasteiger partial charge < -0.3 is 10.2 Å². The molecule has 16 heavy (non-hydrogen) atoms. The number of aliphatic hydroxyl groups excluding tert-OH is 2. The monoisotopic (exact) mass is 244 g/mol. The maximum Gasteiger partial charge on any atom is 0.0579 e. The number of thiol groups is 1. The first-order chi connectivity index (χ1) is 7.65. The summed E-state index contributed by atoms with van der Waals surface area (Å²) in [6.45, 7) is 0. The van der Waals surface area contributed by atoms with Crippen molar-refractivity contribution in [2.75, 3.05) is 0 Å². The lowest BCUT2D eigenvalue weighted by atomic mass is 9.76. The lowest BCUT2D eigenvalue weighted by Gasteiger charge is -2.35. The lowest BCUT2D eigenvalue weighted by molar-refractivity contribution is 0.0440. The Bertz CT molecular complexity index is 214. The molecule has 2 rings (SSSR count). The highest BCUT2D eigenvalue weighted by Gasteiger charge is 2.30. The standard InChI is InChI=1S/C13H24O2S/c14-11-4-1-9(2-5-11)7-10-3-6-12(16)8-13(10)15/h9-16H,1-8H2. The highest BCUT2D eigenvalue weighted by molar-refractivity contribution is 7.80. The van der Waals surface area contributed by atoms with E-state index in [0.717, 1.165) is 57.3 Å². The van der Waals surface area contributed by atoms with Gasteiger partial charge in [0.15, 0.2) is 0 Å². The summed E-state index contributed by atoms with van der Waals surface area (Å²) in [6.07, 6.45) is 8.33. The van der Waals surface area contributed by atoms with Crippen molar-refractivity contribution < 1.29 is 10.2 Å². The van der Waals surface area contributed by atoms with E-state index in [1.165, 1.54) is 0 Å². The summed E-state index contributed by atoms with van der Waals surface area (Å²) in [7, 11) is 0. The summed E-state index contributed by atoms with van der Waals surface area (Å²) >= 11 is 4.45. The van der Waals surface area contributed by atoms with Crippen LogP contribution in [0.15, 0.2) is 0 Å². The van der Waals surface area contributed by atoms with Gasteiger partial charge in [-0.2, -0.15) is 12.6 Å². The number of hydrogen-bond donors (Lipinski definition) is 3. The predicted octanol–water partition coefficient (Wildman–Crippen LogP) is 2.39. The minimum Gasteiger partial charge on any atom is -0.393 e. The van der Waals surface area contributed by atoms with Crippen molar-refractivity contribution in [3.63, 3.8) is 0 Å². The smallest absolute Gasteiger partial charge is 0.0579 e. The number of aliphatic hydroxyl groups is 2. The molecule has 2 saturated carbocycles. The van der Waals surface area contributed by atoms with E-state index >= 15 is 0 Å². The van der Waals surface area contributed by atoms with Crippen LogP contribution in [0.3, 0.4) is 0 Å². The van der Waals surface area contributed by atoms with Gasteiger partial charge in [0.2, 0.25) is 0 Å². The Morgan fingerprint density at radius 1 is 0.938 bits per heavy atom. The second-order valence-corrected chi connectivity index (χ2v) is 6.43. The van der Waals surface area contributed by atoms with Crippen molar-refractivity contribution in [2.45, 2.75) is 68.8 Å². The Balaban J connectivity index is 1.76. The van der Waals surface area contributed by atoms with Gasteiger partial charge in [-0.15, -0.1) is 0 Å². The molecule has 0 aromatic carbocycles. The van der Waals surface area contributed by atoms with Crippen LogP contribution in [0, 0.1) is 11.8 Å². The molecule has 0 heterocycles. The van der Waals surface area contributed by atoms with E-state index < -0.39 is 0 Å². The number of rotatable bonds is 2. The molecule has 0 spiro atoms. The molecule has 2 aliphatic carbocycles. The van der Waals surface area contributed by atoms with Crippen LogP contribution in [-0.4, -0.2) is 27.7 Å². The summed E-state index contributed by atoms with van der Waals surface area (Å²) in [5, 5.41) is 19.9. The molecule has 94 valence electrons. The second-order valence-electron chi connectivity index (χ2n) is 5.70. The van der Waals surface area contributed by atoms with E-state index in [-0.39, 0.29) is 12.2 Å². The van der Waals surface area contributed by atoms with Gasteiger partial charge >= 0.3 is 0 Å². The zero-order chi connectivity index (χ0) is 11.5. The third-order valence-corrected chi connectivity index (χ3v) is 4.85. The fraction of sp³-hybridized carbons (Fsp3) is 1.00. The summed E-state index contributed by atoms with van der Waals surface area (Å²) in [4.78, 5) is 0. The quantitative estimate of drug-likeness (QED) is 0.653. The Labute approximate surface area is 104 Å². The third kappa shape index (κ3) is 3.38. The molecule has 2 aliphatic rings. The van der Waals surface area contributed by atoms with Gasteiger partial charge in [0.05, 0.1) is 12.2 Å². The Morgan fingerprint density at radius 2 is 1.62 bits per heavy atom. The minimum atomic E-state index is -0.136. The lowest BCUT2D eigenvalue weighted by Crippen LogP contribution is -2.32. The maximum absolute atomic E-state index is 10.0. The molecular weight excluding hydrogens is 220 g/mol. The Morgan fingerprint density at radius 3 is 2.25 bits per heavy atom. The summed E-state index contributed by atoms with van der Waals surface area (Å²) in [6, 6.07) is 0. The topological polar surface area (TPSA) is 40.5 Å². The molecule has 0 aliphatic heterocycles. The molecule has 2 fully saturated rings. The SMILES string of the molecule is OC1CCC(CC2CCC(S)CC2O)CC1. The third-order valence-electron chi connectivity index (χ3n) is 4.38. The van der Waals surface area contributed by atoms with E-state index in [4.69, 9.17) is 0 Å². The summed E-state index contributed by atoms with van der Waals surface area (Å²) in [5.41, 5.74) is 0. The van der Waals surface area contributed by atoms with Crippen LogP contribution in [0.25, 0.3) is 0 Å². The van der Waals surface area contributed by atoms with E-state index in [2.05, 4.69) is 12.6 Å². The van der Waals surface area contributed by atoms with Crippen molar-refractivity contribution >= 4 is 12.6 Å². The first-order valence-corrected chi connectivity index (χ1v) is 7.21. The molecule has 0 aromatic rings. The molecule has 2 N–H and O–H groups in total. The van der Waals surface area contributed by atoms with Gasteiger partial charge in [0, 0.05) is 5.25 Å². The molecule has 2 nitrogen and oxygen atoms in total. The largest absolute Gasteiger partial charge is 0.393 e. The Hall–Kier alpha value is 0.270. The first kappa shape index (κ1) is 12.7. The molecular formula is C13H24O2S. The van der Waals surface area contributed by atoms with Gasteiger partial charge in [-0.05, 0) is 63.2 Å². The summed E-state index contributed by atoms with van der Waals surface area (Å²) in [5.74, 6) is 1.23. The van der Waals surface area contributed by atoms with E-state index in [0.29, 0.717) is 11.2 Å².